The van der Waals surface area contributed by atoms with E-state index in [1.54, 1.807) is 11.6 Å². The molecule has 0 aliphatic heterocycles. The maximum Gasteiger partial charge on any atom is 0.163 e. The fraction of sp³-hybridized carbons (Fsp3) is 0.115. The first kappa shape index (κ1) is 20.2. The van der Waals surface area contributed by atoms with E-state index in [9.17, 15) is 0 Å². The van der Waals surface area contributed by atoms with Crippen molar-refractivity contribution in [1.82, 2.24) is 19.6 Å². The van der Waals surface area contributed by atoms with E-state index in [-0.39, 0.29) is 0 Å². The quantitative estimate of drug-likeness (QED) is 0.335. The number of aryl methyl sites for hydroxylation is 1. The minimum absolute atomic E-state index is 0.593. The molecule has 2 aromatic carbocycles. The number of ether oxygens (including phenoxy) is 1. The molecule has 3 aromatic heterocycles. The van der Waals surface area contributed by atoms with Crippen molar-refractivity contribution in [2.75, 3.05) is 7.11 Å². The van der Waals surface area contributed by atoms with Gasteiger partial charge in [-0.25, -0.2) is 9.50 Å². The van der Waals surface area contributed by atoms with Crippen molar-refractivity contribution in [1.29, 1.82) is 0 Å². The SMILES string of the molecule is COc1cc(Cc2nc3c(-c4ccccc4Cl)cccn3n2)ccc1-c1ccnc(C)c1. The van der Waals surface area contributed by atoms with Gasteiger partial charge in [0.25, 0.3) is 0 Å². The van der Waals surface area contributed by atoms with Gasteiger partial charge in [-0.3, -0.25) is 4.98 Å². The second-order valence-electron chi connectivity index (χ2n) is 7.60. The molecule has 0 fully saturated rings. The minimum atomic E-state index is 0.593. The molecule has 5 rings (SSSR count). The summed E-state index contributed by atoms with van der Waals surface area (Å²) in [4.78, 5) is 9.10. The van der Waals surface area contributed by atoms with Gasteiger partial charge in [0, 0.05) is 46.2 Å². The number of hydrogen-bond acceptors (Lipinski definition) is 4. The smallest absolute Gasteiger partial charge is 0.163 e. The average molecular weight is 441 g/mol. The maximum atomic E-state index is 6.43. The van der Waals surface area contributed by atoms with Crippen LogP contribution in [0.3, 0.4) is 0 Å². The van der Waals surface area contributed by atoms with Gasteiger partial charge in [0.2, 0.25) is 0 Å². The third-order valence-corrected chi connectivity index (χ3v) is 5.74. The maximum absolute atomic E-state index is 6.43. The lowest BCUT2D eigenvalue weighted by molar-refractivity contribution is 0.416. The molecule has 5 nitrogen and oxygen atoms in total. The zero-order chi connectivity index (χ0) is 22.1. The van der Waals surface area contributed by atoms with Crippen molar-refractivity contribution in [3.63, 3.8) is 0 Å². The largest absolute Gasteiger partial charge is 0.496 e. The van der Waals surface area contributed by atoms with Gasteiger partial charge < -0.3 is 4.74 Å². The average Bonchev–Trinajstić information content (AvgIpc) is 3.22. The van der Waals surface area contributed by atoms with Gasteiger partial charge in [0.1, 0.15) is 5.75 Å². The summed E-state index contributed by atoms with van der Waals surface area (Å²) < 4.78 is 7.49. The zero-order valence-electron chi connectivity index (χ0n) is 17.8. The number of pyridine rings is 2. The van der Waals surface area contributed by atoms with Crippen LogP contribution in [0, 0.1) is 6.92 Å². The molecule has 0 radical (unpaired) electrons. The minimum Gasteiger partial charge on any atom is -0.496 e. The number of hydrogen-bond donors (Lipinski definition) is 0. The molecule has 3 heterocycles. The van der Waals surface area contributed by atoms with E-state index >= 15 is 0 Å². The van der Waals surface area contributed by atoms with Crippen LogP contribution in [-0.2, 0) is 6.42 Å². The number of rotatable bonds is 5. The molecule has 0 saturated heterocycles. The normalized spacial score (nSPS) is 11.1. The van der Waals surface area contributed by atoms with Crippen molar-refractivity contribution in [2.24, 2.45) is 0 Å². The highest BCUT2D eigenvalue weighted by Gasteiger charge is 2.14. The summed E-state index contributed by atoms with van der Waals surface area (Å²) in [5, 5.41) is 5.38. The Kier molecular flexibility index (Phi) is 5.33. The molecule has 32 heavy (non-hydrogen) atoms. The van der Waals surface area contributed by atoms with Gasteiger partial charge in [-0.15, -0.1) is 0 Å². The monoisotopic (exact) mass is 440 g/mol. The first-order valence-corrected chi connectivity index (χ1v) is 10.7. The lowest BCUT2D eigenvalue weighted by Crippen LogP contribution is -1.95. The molecule has 0 amide bonds. The van der Waals surface area contributed by atoms with Gasteiger partial charge in [0.15, 0.2) is 11.5 Å². The van der Waals surface area contributed by atoms with Gasteiger partial charge in [-0.05, 0) is 54.4 Å². The van der Waals surface area contributed by atoms with Crippen LogP contribution in [0.15, 0.2) is 79.1 Å². The number of methoxy groups -OCH3 is 1. The van der Waals surface area contributed by atoms with Crippen LogP contribution in [0.25, 0.3) is 27.9 Å². The second kappa shape index (κ2) is 8.44. The summed E-state index contributed by atoms with van der Waals surface area (Å²) >= 11 is 6.43. The molecule has 0 atom stereocenters. The number of halogens is 1. The molecular weight excluding hydrogens is 420 g/mol. The Morgan fingerprint density at radius 2 is 1.78 bits per heavy atom. The Bertz CT molecular complexity index is 1430. The third-order valence-electron chi connectivity index (χ3n) is 5.41. The summed E-state index contributed by atoms with van der Waals surface area (Å²) in [6.07, 6.45) is 4.31. The Morgan fingerprint density at radius 3 is 2.59 bits per heavy atom. The highest BCUT2D eigenvalue weighted by molar-refractivity contribution is 6.33. The van der Waals surface area contributed by atoms with Gasteiger partial charge in [-0.2, -0.15) is 5.10 Å². The predicted octanol–water partition coefficient (Wildman–Crippen LogP) is 6.02. The topological polar surface area (TPSA) is 52.3 Å². The van der Waals surface area contributed by atoms with Crippen LogP contribution in [0.1, 0.15) is 17.1 Å². The molecule has 5 aromatic rings. The van der Waals surface area contributed by atoms with E-state index in [4.69, 9.17) is 21.3 Å². The van der Waals surface area contributed by atoms with Crippen LogP contribution in [-0.4, -0.2) is 26.7 Å². The third kappa shape index (κ3) is 3.83. The molecule has 6 heteroatoms. The molecule has 0 spiro atoms. The molecule has 0 aliphatic rings. The van der Waals surface area contributed by atoms with Gasteiger partial charge in [0.05, 0.1) is 7.11 Å². The summed E-state index contributed by atoms with van der Waals surface area (Å²) in [6.45, 7) is 1.98. The summed E-state index contributed by atoms with van der Waals surface area (Å²) in [6, 6.07) is 22.0. The fourth-order valence-electron chi connectivity index (χ4n) is 3.89. The van der Waals surface area contributed by atoms with Crippen molar-refractivity contribution >= 4 is 17.2 Å². The number of aromatic nitrogens is 4. The molecule has 158 valence electrons. The Labute approximate surface area is 191 Å². The molecule has 0 saturated carbocycles. The number of fused-ring (bicyclic) bond motifs is 1. The Hall–Kier alpha value is -3.70. The predicted molar refractivity (Wildman–Crippen MR) is 127 cm³/mol. The van der Waals surface area contributed by atoms with Crippen molar-refractivity contribution in [3.05, 3.63) is 101 Å². The van der Waals surface area contributed by atoms with Crippen LogP contribution in [0.5, 0.6) is 5.75 Å². The molecule has 0 aliphatic carbocycles. The summed E-state index contributed by atoms with van der Waals surface area (Å²) in [5.74, 6) is 1.55. The van der Waals surface area contributed by atoms with E-state index < -0.39 is 0 Å². The Morgan fingerprint density at radius 1 is 0.938 bits per heavy atom. The first-order valence-electron chi connectivity index (χ1n) is 10.3. The van der Waals surface area contributed by atoms with Crippen LogP contribution >= 0.6 is 11.6 Å². The van der Waals surface area contributed by atoms with E-state index in [1.807, 2.05) is 67.8 Å². The van der Waals surface area contributed by atoms with E-state index in [0.29, 0.717) is 11.4 Å². The van der Waals surface area contributed by atoms with Gasteiger partial charge in [-0.1, -0.05) is 41.9 Å². The lowest BCUT2D eigenvalue weighted by atomic mass is 10.0. The van der Waals surface area contributed by atoms with Crippen LogP contribution < -0.4 is 4.74 Å². The van der Waals surface area contributed by atoms with Crippen LogP contribution in [0.2, 0.25) is 5.02 Å². The molecule has 0 unspecified atom stereocenters. The van der Waals surface area contributed by atoms with E-state index in [1.165, 1.54) is 0 Å². The van der Waals surface area contributed by atoms with Crippen molar-refractivity contribution in [3.8, 4) is 28.0 Å². The number of benzene rings is 2. The van der Waals surface area contributed by atoms with Crippen molar-refractivity contribution < 1.29 is 4.74 Å². The Balaban J connectivity index is 1.50. The molecule has 0 bridgehead atoms. The van der Waals surface area contributed by atoms with Crippen LogP contribution in [0.4, 0.5) is 0 Å². The summed E-state index contributed by atoms with van der Waals surface area (Å²) in [7, 11) is 1.69. The van der Waals surface area contributed by atoms with Crippen molar-refractivity contribution in [2.45, 2.75) is 13.3 Å². The zero-order valence-corrected chi connectivity index (χ0v) is 18.5. The lowest BCUT2D eigenvalue weighted by Gasteiger charge is -2.11. The second-order valence-corrected chi connectivity index (χ2v) is 8.00. The highest BCUT2D eigenvalue weighted by Crippen LogP contribution is 2.32. The summed E-state index contributed by atoms with van der Waals surface area (Å²) in [5.41, 5.74) is 6.84. The van der Waals surface area contributed by atoms with Gasteiger partial charge >= 0.3 is 0 Å². The molecular formula is C26H21ClN4O. The fourth-order valence-corrected chi connectivity index (χ4v) is 4.13. The van der Waals surface area contributed by atoms with E-state index in [2.05, 4.69) is 28.3 Å². The first-order chi connectivity index (χ1) is 15.6. The molecule has 0 N–H and O–H groups in total. The van der Waals surface area contributed by atoms with E-state index in [0.717, 1.165) is 50.7 Å². The number of nitrogens with zero attached hydrogens (tertiary/aromatic N) is 4. The standard InChI is InChI=1S/C26H21ClN4O/c1-17-14-19(11-12-28-17)20-10-9-18(15-24(20)32-2)16-25-29-26-22(7-5-13-31(26)30-25)21-6-3-4-8-23(21)27/h3-15H,16H2,1-2H3. The highest BCUT2D eigenvalue weighted by atomic mass is 35.5.